The van der Waals surface area contributed by atoms with E-state index in [1.807, 2.05) is 18.7 Å². The molecule has 0 aromatic carbocycles. The zero-order valence-electron chi connectivity index (χ0n) is 12.8. The Labute approximate surface area is 121 Å². The third-order valence-electron chi connectivity index (χ3n) is 5.23. The quantitative estimate of drug-likeness (QED) is 0.865. The fourth-order valence-corrected chi connectivity index (χ4v) is 4.14. The number of amides is 1. The largest absolute Gasteiger partial charge is 0.481 e. The van der Waals surface area contributed by atoms with Crippen molar-refractivity contribution in [2.75, 3.05) is 6.54 Å². The fourth-order valence-electron chi connectivity index (χ4n) is 4.14. The molecule has 1 saturated carbocycles. The number of carboxylic acid groups (broad SMARTS) is 1. The molecule has 2 fully saturated rings. The lowest BCUT2D eigenvalue weighted by Crippen LogP contribution is -2.54. The van der Waals surface area contributed by atoms with E-state index in [1.165, 1.54) is 25.7 Å². The first kappa shape index (κ1) is 15.3. The topological polar surface area (TPSA) is 57.6 Å². The minimum atomic E-state index is -0.764. The molecule has 0 aromatic rings. The molecular formula is C16H27NO3. The van der Waals surface area contributed by atoms with E-state index >= 15 is 0 Å². The minimum Gasteiger partial charge on any atom is -0.481 e. The molecule has 1 amide bonds. The van der Waals surface area contributed by atoms with Crippen molar-refractivity contribution in [2.24, 2.45) is 23.7 Å². The van der Waals surface area contributed by atoms with Crippen LogP contribution in [0.15, 0.2) is 0 Å². The van der Waals surface area contributed by atoms with Gasteiger partial charge in [-0.15, -0.1) is 0 Å². The van der Waals surface area contributed by atoms with Crippen molar-refractivity contribution in [1.82, 2.24) is 4.90 Å². The van der Waals surface area contributed by atoms with E-state index in [1.54, 1.807) is 0 Å². The van der Waals surface area contributed by atoms with Crippen molar-refractivity contribution in [3.8, 4) is 0 Å². The molecule has 2 aliphatic rings. The molecule has 114 valence electrons. The van der Waals surface area contributed by atoms with Crippen molar-refractivity contribution in [3.05, 3.63) is 0 Å². The summed E-state index contributed by atoms with van der Waals surface area (Å²) in [6.45, 7) is 6.81. The lowest BCUT2D eigenvalue weighted by Gasteiger charge is -2.43. The molecule has 20 heavy (non-hydrogen) atoms. The fraction of sp³-hybridized carbons (Fsp3) is 0.875. The Morgan fingerprint density at radius 1 is 1.30 bits per heavy atom. The third kappa shape index (κ3) is 3.15. The average molecular weight is 281 g/mol. The Hall–Kier alpha value is -1.06. The molecule has 0 aromatic heterocycles. The second kappa shape index (κ2) is 6.15. The highest BCUT2D eigenvalue weighted by Gasteiger charge is 2.42. The van der Waals surface area contributed by atoms with E-state index in [0.29, 0.717) is 12.3 Å². The van der Waals surface area contributed by atoms with Crippen LogP contribution in [0.5, 0.6) is 0 Å². The standard InChI is InChI=1S/C16H27NO3/c1-10-5-4-6-13(7-10)9-17-12(3)15(16(19)20)11(2)8-14(17)18/h10-13,15H,4-9H2,1-3H3,(H,19,20). The van der Waals surface area contributed by atoms with Gasteiger partial charge in [-0.3, -0.25) is 9.59 Å². The van der Waals surface area contributed by atoms with Gasteiger partial charge in [-0.2, -0.15) is 0 Å². The summed E-state index contributed by atoms with van der Waals surface area (Å²) in [5.41, 5.74) is 0. The van der Waals surface area contributed by atoms with E-state index in [9.17, 15) is 14.7 Å². The monoisotopic (exact) mass is 281 g/mol. The molecule has 1 heterocycles. The number of carboxylic acids is 1. The summed E-state index contributed by atoms with van der Waals surface area (Å²) in [6.07, 6.45) is 5.25. The van der Waals surface area contributed by atoms with Gasteiger partial charge in [0.05, 0.1) is 5.92 Å². The zero-order chi connectivity index (χ0) is 14.9. The van der Waals surface area contributed by atoms with Gasteiger partial charge in [0.1, 0.15) is 0 Å². The number of carbonyl (C=O) groups is 2. The Morgan fingerprint density at radius 2 is 2.00 bits per heavy atom. The number of likely N-dealkylation sites (tertiary alicyclic amines) is 1. The highest BCUT2D eigenvalue weighted by atomic mass is 16.4. The Bertz CT molecular complexity index is 382. The van der Waals surface area contributed by atoms with E-state index in [-0.39, 0.29) is 17.9 Å². The predicted molar refractivity (Wildman–Crippen MR) is 77.2 cm³/mol. The molecule has 1 aliphatic carbocycles. The summed E-state index contributed by atoms with van der Waals surface area (Å²) in [4.78, 5) is 25.6. The van der Waals surface area contributed by atoms with Crippen molar-refractivity contribution in [3.63, 3.8) is 0 Å². The highest BCUT2D eigenvalue weighted by molar-refractivity contribution is 5.81. The summed E-state index contributed by atoms with van der Waals surface area (Å²) >= 11 is 0. The SMILES string of the molecule is CC1CCCC(CN2C(=O)CC(C)C(C(=O)O)C2C)C1. The maximum absolute atomic E-state index is 12.3. The molecule has 1 saturated heterocycles. The summed E-state index contributed by atoms with van der Waals surface area (Å²) < 4.78 is 0. The van der Waals surface area contributed by atoms with Crippen LogP contribution in [0.1, 0.15) is 52.9 Å². The molecule has 0 bridgehead atoms. The maximum Gasteiger partial charge on any atom is 0.308 e. The van der Waals surface area contributed by atoms with Crippen LogP contribution in [0, 0.1) is 23.7 Å². The average Bonchev–Trinajstić information content (AvgIpc) is 2.33. The van der Waals surface area contributed by atoms with E-state index < -0.39 is 11.9 Å². The summed E-state index contributed by atoms with van der Waals surface area (Å²) in [7, 11) is 0. The number of piperidine rings is 1. The van der Waals surface area contributed by atoms with Gasteiger partial charge in [0, 0.05) is 19.0 Å². The normalized spacial score (nSPS) is 38.9. The van der Waals surface area contributed by atoms with Gasteiger partial charge < -0.3 is 10.0 Å². The molecule has 0 spiro atoms. The number of rotatable bonds is 3. The zero-order valence-corrected chi connectivity index (χ0v) is 12.8. The highest BCUT2D eigenvalue weighted by Crippen LogP contribution is 2.34. The second-order valence-corrected chi connectivity index (χ2v) is 6.97. The van der Waals surface area contributed by atoms with Crippen LogP contribution in [0.3, 0.4) is 0 Å². The molecule has 0 radical (unpaired) electrons. The van der Waals surface area contributed by atoms with Crippen molar-refractivity contribution in [2.45, 2.75) is 58.9 Å². The first-order chi connectivity index (χ1) is 9.40. The van der Waals surface area contributed by atoms with Crippen molar-refractivity contribution in [1.29, 1.82) is 0 Å². The van der Waals surface area contributed by atoms with Gasteiger partial charge >= 0.3 is 5.97 Å². The molecule has 5 unspecified atom stereocenters. The van der Waals surface area contributed by atoms with Gasteiger partial charge in [-0.25, -0.2) is 0 Å². The summed E-state index contributed by atoms with van der Waals surface area (Å²) in [6, 6.07) is -0.180. The molecular weight excluding hydrogens is 254 g/mol. The molecule has 5 atom stereocenters. The molecule has 4 nitrogen and oxygen atoms in total. The van der Waals surface area contributed by atoms with Crippen LogP contribution in [0.4, 0.5) is 0 Å². The third-order valence-corrected chi connectivity index (χ3v) is 5.23. The van der Waals surface area contributed by atoms with Crippen LogP contribution in [-0.4, -0.2) is 34.5 Å². The maximum atomic E-state index is 12.3. The number of hydrogen-bond donors (Lipinski definition) is 1. The van der Waals surface area contributed by atoms with E-state index in [4.69, 9.17) is 0 Å². The summed E-state index contributed by atoms with van der Waals surface area (Å²) in [5.74, 6) is 0.177. The van der Waals surface area contributed by atoms with Gasteiger partial charge in [-0.1, -0.05) is 26.7 Å². The number of carbonyl (C=O) groups excluding carboxylic acids is 1. The molecule has 1 N–H and O–H groups in total. The van der Waals surface area contributed by atoms with Crippen LogP contribution in [0.2, 0.25) is 0 Å². The van der Waals surface area contributed by atoms with Gasteiger partial charge in [-0.05, 0) is 37.5 Å². The number of nitrogens with zero attached hydrogens (tertiary/aromatic N) is 1. The molecule has 4 heteroatoms. The van der Waals surface area contributed by atoms with Crippen molar-refractivity contribution < 1.29 is 14.7 Å². The Morgan fingerprint density at radius 3 is 2.60 bits per heavy atom. The number of aliphatic carboxylic acids is 1. The Kier molecular flexibility index (Phi) is 4.71. The lowest BCUT2D eigenvalue weighted by molar-refractivity contribution is -0.155. The van der Waals surface area contributed by atoms with Crippen LogP contribution in [-0.2, 0) is 9.59 Å². The Balaban J connectivity index is 2.05. The first-order valence-electron chi connectivity index (χ1n) is 7.92. The predicted octanol–water partition coefficient (Wildman–Crippen LogP) is 2.77. The summed E-state index contributed by atoms with van der Waals surface area (Å²) in [5, 5.41) is 9.39. The van der Waals surface area contributed by atoms with E-state index in [0.717, 1.165) is 12.5 Å². The van der Waals surface area contributed by atoms with Gasteiger partial charge in [0.25, 0.3) is 0 Å². The molecule has 1 aliphatic heterocycles. The smallest absolute Gasteiger partial charge is 0.308 e. The van der Waals surface area contributed by atoms with Crippen LogP contribution < -0.4 is 0 Å². The van der Waals surface area contributed by atoms with Crippen LogP contribution in [0.25, 0.3) is 0 Å². The van der Waals surface area contributed by atoms with Gasteiger partial charge in [0.15, 0.2) is 0 Å². The first-order valence-corrected chi connectivity index (χ1v) is 7.92. The van der Waals surface area contributed by atoms with Crippen LogP contribution >= 0.6 is 0 Å². The molecule has 2 rings (SSSR count). The van der Waals surface area contributed by atoms with Crippen molar-refractivity contribution >= 4 is 11.9 Å². The second-order valence-electron chi connectivity index (χ2n) is 6.97. The van der Waals surface area contributed by atoms with E-state index in [2.05, 4.69) is 6.92 Å². The minimum absolute atomic E-state index is 0.0588. The lowest BCUT2D eigenvalue weighted by atomic mass is 9.78. The van der Waals surface area contributed by atoms with Gasteiger partial charge in [0.2, 0.25) is 5.91 Å². The number of hydrogen-bond acceptors (Lipinski definition) is 2.